The zero-order valence-corrected chi connectivity index (χ0v) is 20.6. The lowest BCUT2D eigenvalue weighted by atomic mass is 10.0. The number of thioether (sulfide) groups is 2. The molecule has 2 aromatic rings. The molecule has 1 saturated carbocycles. The molecule has 174 valence electrons. The second-order valence-corrected chi connectivity index (χ2v) is 11.4. The lowest BCUT2D eigenvalue weighted by molar-refractivity contribution is -0.137. The smallest absolute Gasteiger partial charge is 0.315 e. The number of hydrogen-bond acceptors (Lipinski definition) is 8. The molecule has 0 bridgehead atoms. The third-order valence-electron chi connectivity index (χ3n) is 5.42. The Bertz CT molecular complexity index is 892. The van der Waals surface area contributed by atoms with Gasteiger partial charge in [-0.2, -0.15) is 11.8 Å². The first-order chi connectivity index (χ1) is 15.5. The van der Waals surface area contributed by atoms with Gasteiger partial charge in [-0.15, -0.1) is 23.1 Å². The third kappa shape index (κ3) is 7.35. The molecule has 3 rings (SSSR count). The van der Waals surface area contributed by atoms with Crippen molar-refractivity contribution in [3.05, 3.63) is 47.4 Å². The molecule has 1 heterocycles. The van der Waals surface area contributed by atoms with Gasteiger partial charge in [-0.3, -0.25) is 9.59 Å². The number of fused-ring (bicyclic) bond motifs is 1. The minimum atomic E-state index is -0.695. The van der Waals surface area contributed by atoms with E-state index in [9.17, 15) is 19.8 Å². The molecule has 5 nitrogen and oxygen atoms in total. The van der Waals surface area contributed by atoms with Crippen LogP contribution in [0.1, 0.15) is 24.1 Å². The van der Waals surface area contributed by atoms with Crippen LogP contribution in [0.3, 0.4) is 0 Å². The molecule has 0 radical (unpaired) electrons. The molecule has 4 atom stereocenters. The monoisotopic (exact) mass is 494 g/mol. The fourth-order valence-corrected chi connectivity index (χ4v) is 7.08. The molecule has 0 unspecified atom stereocenters. The average Bonchev–Trinajstić information content (AvgIpc) is 3.32. The molecule has 1 fully saturated rings. The Morgan fingerprint density at radius 3 is 2.94 bits per heavy atom. The van der Waals surface area contributed by atoms with Crippen molar-refractivity contribution in [2.75, 3.05) is 24.4 Å². The van der Waals surface area contributed by atoms with Crippen LogP contribution in [0.2, 0.25) is 0 Å². The van der Waals surface area contributed by atoms with E-state index >= 15 is 0 Å². The van der Waals surface area contributed by atoms with Crippen LogP contribution in [-0.2, 0) is 20.7 Å². The second-order valence-electron chi connectivity index (χ2n) is 7.83. The number of carbonyl (C=O) groups is 2. The quantitative estimate of drug-likeness (QED) is 0.261. The van der Waals surface area contributed by atoms with E-state index in [0.717, 1.165) is 24.3 Å². The maximum absolute atomic E-state index is 12.3. The lowest BCUT2D eigenvalue weighted by Crippen LogP contribution is -2.22. The van der Waals surface area contributed by atoms with Gasteiger partial charge < -0.3 is 14.9 Å². The summed E-state index contributed by atoms with van der Waals surface area (Å²) in [4.78, 5) is 24.7. The summed E-state index contributed by atoms with van der Waals surface area (Å²) in [6, 6.07) is 10.4. The van der Waals surface area contributed by atoms with Crippen LogP contribution in [-0.4, -0.2) is 63.8 Å². The number of ketones is 1. The first-order valence-electron chi connectivity index (χ1n) is 10.8. The molecule has 1 aliphatic rings. The number of rotatable bonds is 12. The van der Waals surface area contributed by atoms with E-state index in [1.165, 1.54) is 33.8 Å². The van der Waals surface area contributed by atoms with Gasteiger partial charge >= 0.3 is 5.97 Å². The lowest BCUT2D eigenvalue weighted by Gasteiger charge is -2.17. The Hall–Kier alpha value is -1.32. The minimum Gasteiger partial charge on any atom is -0.468 e. The van der Waals surface area contributed by atoms with Gasteiger partial charge in [-0.05, 0) is 48.3 Å². The predicted octanol–water partition coefficient (Wildman–Crippen LogP) is 4.10. The van der Waals surface area contributed by atoms with Gasteiger partial charge in [0.25, 0.3) is 0 Å². The SMILES string of the molecule is COC(=O)CSCCCS[C@H]1C(=O)C[C@@H](O)[C@@H]1/C=C/[C@@H](O)CCc1cc2ccccc2s1. The fourth-order valence-electron chi connectivity index (χ4n) is 3.70. The summed E-state index contributed by atoms with van der Waals surface area (Å²) in [6.45, 7) is 0. The molecule has 2 N–H and O–H groups in total. The number of esters is 1. The van der Waals surface area contributed by atoms with E-state index in [1.807, 2.05) is 18.2 Å². The minimum absolute atomic E-state index is 0.0686. The zero-order valence-electron chi connectivity index (χ0n) is 18.1. The number of methoxy groups -OCH3 is 1. The standard InChI is InChI=1S/C24H30O5S3/c1-29-23(28)15-30-11-4-12-31-24-19(20(26)14-21(24)27)10-8-17(25)7-9-18-13-16-5-2-3-6-22(16)32-18/h2-3,5-6,8,10,13,17,19-20,24-26H,4,7,9,11-12,14-15H2,1H3/b10-8+/t17-,19-,20+,24+/m0/s1. The number of ether oxygens (including phenoxy) is 1. The molecular formula is C24H30O5S3. The van der Waals surface area contributed by atoms with Gasteiger partial charge in [0.15, 0.2) is 0 Å². The number of benzene rings is 1. The van der Waals surface area contributed by atoms with Crippen molar-refractivity contribution in [1.29, 1.82) is 0 Å². The number of hydrogen-bond donors (Lipinski definition) is 2. The number of aryl methyl sites for hydroxylation is 1. The van der Waals surface area contributed by atoms with E-state index in [1.54, 1.807) is 29.2 Å². The van der Waals surface area contributed by atoms with Crippen LogP contribution in [0.15, 0.2) is 42.5 Å². The maximum Gasteiger partial charge on any atom is 0.315 e. The summed E-state index contributed by atoms with van der Waals surface area (Å²) >= 11 is 4.83. The first-order valence-corrected chi connectivity index (χ1v) is 13.8. The summed E-state index contributed by atoms with van der Waals surface area (Å²) in [6.07, 6.45) is 4.70. The highest BCUT2D eigenvalue weighted by Gasteiger charge is 2.40. The molecule has 32 heavy (non-hydrogen) atoms. The largest absolute Gasteiger partial charge is 0.468 e. The highest BCUT2D eigenvalue weighted by atomic mass is 32.2. The summed E-state index contributed by atoms with van der Waals surface area (Å²) in [5.74, 6) is 1.52. The summed E-state index contributed by atoms with van der Waals surface area (Å²) in [5.41, 5.74) is 0. The Morgan fingerprint density at radius 1 is 1.34 bits per heavy atom. The van der Waals surface area contributed by atoms with Crippen molar-refractivity contribution < 1.29 is 24.5 Å². The Balaban J connectivity index is 1.44. The molecule has 1 aliphatic carbocycles. The van der Waals surface area contributed by atoms with Crippen LogP contribution in [0.5, 0.6) is 0 Å². The van der Waals surface area contributed by atoms with Crippen molar-refractivity contribution in [3.63, 3.8) is 0 Å². The Morgan fingerprint density at radius 2 is 2.16 bits per heavy atom. The molecule has 0 aliphatic heterocycles. The molecule has 0 saturated heterocycles. The van der Waals surface area contributed by atoms with Crippen LogP contribution in [0.4, 0.5) is 0 Å². The first kappa shape index (κ1) is 25.3. The molecule has 8 heteroatoms. The summed E-state index contributed by atoms with van der Waals surface area (Å²) in [7, 11) is 1.38. The fraction of sp³-hybridized carbons (Fsp3) is 0.500. The number of aliphatic hydroxyl groups is 2. The molecule has 0 spiro atoms. The Kier molecular flexibility index (Phi) is 10.1. The van der Waals surface area contributed by atoms with Gasteiger partial charge in [0.2, 0.25) is 0 Å². The molecule has 0 amide bonds. The molecule has 1 aromatic heterocycles. The van der Waals surface area contributed by atoms with Crippen LogP contribution in [0.25, 0.3) is 10.1 Å². The number of thiophene rings is 1. The van der Waals surface area contributed by atoms with E-state index in [2.05, 4.69) is 22.9 Å². The van der Waals surface area contributed by atoms with Crippen LogP contribution >= 0.6 is 34.9 Å². The maximum atomic E-state index is 12.3. The molecular weight excluding hydrogens is 464 g/mol. The predicted molar refractivity (Wildman–Crippen MR) is 135 cm³/mol. The van der Waals surface area contributed by atoms with Crippen molar-refractivity contribution >= 4 is 56.7 Å². The van der Waals surface area contributed by atoms with Crippen molar-refractivity contribution in [2.24, 2.45) is 5.92 Å². The van der Waals surface area contributed by atoms with Gasteiger partial charge in [0, 0.05) is 21.9 Å². The van der Waals surface area contributed by atoms with E-state index in [0.29, 0.717) is 12.2 Å². The van der Waals surface area contributed by atoms with Gasteiger partial charge in [0.1, 0.15) is 5.78 Å². The number of carbonyl (C=O) groups excluding carboxylic acids is 2. The average molecular weight is 495 g/mol. The highest BCUT2D eigenvalue weighted by molar-refractivity contribution is 8.01. The third-order valence-corrected chi connectivity index (χ3v) is 9.07. The second kappa shape index (κ2) is 12.8. The Labute approximate surface area is 201 Å². The topological polar surface area (TPSA) is 83.8 Å². The zero-order chi connectivity index (χ0) is 22.9. The van der Waals surface area contributed by atoms with Crippen LogP contribution in [0, 0.1) is 5.92 Å². The van der Waals surface area contributed by atoms with Gasteiger partial charge in [-0.25, -0.2) is 0 Å². The highest BCUT2D eigenvalue weighted by Crippen LogP contribution is 2.34. The van der Waals surface area contributed by atoms with Gasteiger partial charge in [-0.1, -0.05) is 30.4 Å². The van der Waals surface area contributed by atoms with Crippen molar-refractivity contribution in [1.82, 2.24) is 0 Å². The normalized spacial score (nSPS) is 22.1. The van der Waals surface area contributed by atoms with E-state index in [4.69, 9.17) is 0 Å². The van der Waals surface area contributed by atoms with E-state index in [-0.39, 0.29) is 29.3 Å². The summed E-state index contributed by atoms with van der Waals surface area (Å²) < 4.78 is 5.87. The van der Waals surface area contributed by atoms with Crippen molar-refractivity contribution in [2.45, 2.75) is 43.1 Å². The van der Waals surface area contributed by atoms with E-state index < -0.39 is 12.2 Å². The number of Topliss-reactive ketones (excluding diaryl/α,β-unsaturated/α-hetero) is 1. The number of aliphatic hydroxyl groups excluding tert-OH is 2. The summed E-state index contributed by atoms with van der Waals surface area (Å²) in [5, 5.41) is 21.7. The van der Waals surface area contributed by atoms with Crippen LogP contribution < -0.4 is 0 Å². The molecule has 1 aromatic carbocycles. The van der Waals surface area contributed by atoms with Crippen molar-refractivity contribution in [3.8, 4) is 0 Å². The van der Waals surface area contributed by atoms with Gasteiger partial charge in [0.05, 0.1) is 30.3 Å².